The van der Waals surface area contributed by atoms with E-state index in [1.807, 2.05) is 0 Å². The number of allylic oxidation sites excluding steroid dienone is 1. The van der Waals surface area contributed by atoms with Crippen LogP contribution in [0.4, 0.5) is 0 Å². The number of H-pyrrole nitrogens is 1. The second kappa shape index (κ2) is 6.82. The van der Waals surface area contributed by atoms with E-state index in [0.717, 1.165) is 31.2 Å². The first-order valence-electron chi connectivity index (χ1n) is 8.55. The molecular weight excluding hydrogens is 362 g/mol. The number of nitriles is 1. The van der Waals surface area contributed by atoms with Gasteiger partial charge >= 0.3 is 0 Å². The molecule has 1 aliphatic rings. The average molecular weight is 376 g/mol. The van der Waals surface area contributed by atoms with Gasteiger partial charge in [0.25, 0.3) is 5.56 Å². The van der Waals surface area contributed by atoms with Crippen molar-refractivity contribution in [2.75, 3.05) is 0 Å². The third-order valence-corrected chi connectivity index (χ3v) is 5.84. The Bertz CT molecular complexity index is 1180. The smallest absolute Gasteiger partial charge is 0.260 e. The number of hydrogen-bond donors (Lipinski definition) is 1. The Kier molecular flexibility index (Phi) is 4.34. The molecule has 2 aromatic heterocycles. The van der Waals surface area contributed by atoms with Crippen molar-refractivity contribution in [3.8, 4) is 6.07 Å². The number of aryl methyl sites for hydroxylation is 2. The van der Waals surface area contributed by atoms with Crippen LogP contribution in [0.3, 0.4) is 0 Å². The fourth-order valence-electron chi connectivity index (χ4n) is 3.33. The van der Waals surface area contributed by atoms with Crippen LogP contribution in [0, 0.1) is 11.3 Å². The van der Waals surface area contributed by atoms with E-state index >= 15 is 0 Å². The van der Waals surface area contributed by atoms with Crippen molar-refractivity contribution in [1.82, 2.24) is 9.97 Å². The number of benzene rings is 1. The van der Waals surface area contributed by atoms with E-state index in [4.69, 9.17) is 0 Å². The molecule has 134 valence electrons. The van der Waals surface area contributed by atoms with Crippen molar-refractivity contribution in [1.29, 1.82) is 5.26 Å². The monoisotopic (exact) mass is 376 g/mol. The summed E-state index contributed by atoms with van der Waals surface area (Å²) in [7, 11) is 0. The lowest BCUT2D eigenvalue weighted by Gasteiger charge is -2.09. The number of nitrogens with one attached hydrogen (secondary N) is 1. The van der Waals surface area contributed by atoms with Crippen LogP contribution in [0.25, 0.3) is 21.9 Å². The van der Waals surface area contributed by atoms with E-state index in [-0.39, 0.29) is 22.5 Å². The normalized spacial score (nSPS) is 14.0. The van der Waals surface area contributed by atoms with Gasteiger partial charge in [-0.15, -0.1) is 11.3 Å². The molecule has 0 saturated carbocycles. The van der Waals surface area contributed by atoms with Crippen LogP contribution >= 0.6 is 11.3 Å². The second-order valence-electron chi connectivity index (χ2n) is 6.38. The van der Waals surface area contributed by atoms with E-state index in [0.29, 0.717) is 15.8 Å². The highest BCUT2D eigenvalue weighted by Gasteiger charge is 2.20. The maximum atomic E-state index is 12.6. The predicted octanol–water partition coefficient (Wildman–Crippen LogP) is 2.29. The SMILES string of the molecule is N#C/C(=C\c1ccc(C(=O)[O-])cc1)c1nc2sc3c(c2c(=O)[nH]1)CCCC3. The van der Waals surface area contributed by atoms with Gasteiger partial charge in [0.2, 0.25) is 0 Å². The summed E-state index contributed by atoms with van der Waals surface area (Å²) in [5, 5.41) is 21.0. The van der Waals surface area contributed by atoms with Gasteiger partial charge in [-0.25, -0.2) is 4.98 Å². The van der Waals surface area contributed by atoms with Crippen molar-refractivity contribution >= 4 is 39.2 Å². The molecule has 27 heavy (non-hydrogen) atoms. The number of aromatic nitrogens is 2. The Balaban J connectivity index is 1.78. The van der Waals surface area contributed by atoms with Crippen molar-refractivity contribution < 1.29 is 9.90 Å². The molecule has 6 nitrogen and oxygen atoms in total. The zero-order valence-corrected chi connectivity index (χ0v) is 15.1. The summed E-state index contributed by atoms with van der Waals surface area (Å²) in [5.74, 6) is -1.04. The molecule has 7 heteroatoms. The molecular formula is C20H14N3O3S-. The molecule has 0 fully saturated rings. The molecule has 1 aliphatic carbocycles. The van der Waals surface area contributed by atoms with Gasteiger partial charge in [-0.2, -0.15) is 5.26 Å². The lowest BCUT2D eigenvalue weighted by Crippen LogP contribution is -2.21. The lowest BCUT2D eigenvalue weighted by molar-refractivity contribution is -0.255. The molecule has 0 spiro atoms. The third-order valence-electron chi connectivity index (χ3n) is 4.66. The number of carboxylic acid groups (broad SMARTS) is 1. The number of aromatic amines is 1. The molecule has 3 aromatic rings. The minimum Gasteiger partial charge on any atom is -0.545 e. The summed E-state index contributed by atoms with van der Waals surface area (Å²) < 4.78 is 0. The Labute approximate surface area is 158 Å². The van der Waals surface area contributed by atoms with Crippen LogP contribution in [0.2, 0.25) is 0 Å². The molecule has 0 amide bonds. The molecule has 0 atom stereocenters. The number of carbonyl (C=O) groups is 1. The number of aromatic carboxylic acids is 1. The first kappa shape index (κ1) is 17.2. The molecule has 0 unspecified atom stereocenters. The Morgan fingerprint density at radius 3 is 2.70 bits per heavy atom. The van der Waals surface area contributed by atoms with Crippen LogP contribution in [-0.4, -0.2) is 15.9 Å². The second-order valence-corrected chi connectivity index (χ2v) is 7.47. The summed E-state index contributed by atoms with van der Waals surface area (Å²) in [6, 6.07) is 8.02. The van der Waals surface area contributed by atoms with Crippen LogP contribution in [0.1, 0.15) is 45.0 Å². The first-order chi connectivity index (χ1) is 13.1. The van der Waals surface area contributed by atoms with Gasteiger partial charge in [-0.3, -0.25) is 4.79 Å². The van der Waals surface area contributed by atoms with E-state index in [1.54, 1.807) is 18.2 Å². The minimum atomic E-state index is -1.26. The number of hydrogen-bond acceptors (Lipinski definition) is 6. The predicted molar refractivity (Wildman–Crippen MR) is 101 cm³/mol. The van der Waals surface area contributed by atoms with Crippen molar-refractivity contribution in [3.05, 3.63) is 62.0 Å². The van der Waals surface area contributed by atoms with Crippen LogP contribution in [0.15, 0.2) is 29.1 Å². The zero-order valence-electron chi connectivity index (χ0n) is 14.2. The first-order valence-corrected chi connectivity index (χ1v) is 9.36. The van der Waals surface area contributed by atoms with Gasteiger partial charge in [0.1, 0.15) is 10.9 Å². The molecule has 4 rings (SSSR count). The fraction of sp³-hybridized carbons (Fsp3) is 0.200. The Morgan fingerprint density at radius 1 is 1.26 bits per heavy atom. The highest BCUT2D eigenvalue weighted by molar-refractivity contribution is 7.18. The average Bonchev–Trinajstić information content (AvgIpc) is 3.05. The van der Waals surface area contributed by atoms with Gasteiger partial charge < -0.3 is 14.9 Å². The van der Waals surface area contributed by atoms with Crippen LogP contribution < -0.4 is 10.7 Å². The molecule has 0 saturated heterocycles. The summed E-state index contributed by atoms with van der Waals surface area (Å²) in [6.45, 7) is 0. The highest BCUT2D eigenvalue weighted by atomic mass is 32.1. The fourth-order valence-corrected chi connectivity index (χ4v) is 4.59. The molecule has 1 aromatic carbocycles. The van der Waals surface area contributed by atoms with Crippen molar-refractivity contribution in [2.45, 2.75) is 25.7 Å². The maximum absolute atomic E-state index is 12.6. The summed E-state index contributed by atoms with van der Waals surface area (Å²) in [6.07, 6.45) is 5.62. The number of carboxylic acids is 1. The van der Waals surface area contributed by atoms with Gasteiger partial charge in [0, 0.05) is 4.88 Å². The molecule has 0 bridgehead atoms. The molecule has 0 radical (unpaired) electrons. The van der Waals surface area contributed by atoms with E-state index in [2.05, 4.69) is 16.0 Å². The Hall–Kier alpha value is -3.24. The van der Waals surface area contributed by atoms with E-state index < -0.39 is 5.97 Å². The quantitative estimate of drug-likeness (QED) is 0.705. The van der Waals surface area contributed by atoms with E-state index in [1.165, 1.54) is 28.3 Å². The third kappa shape index (κ3) is 3.15. The van der Waals surface area contributed by atoms with Crippen LogP contribution in [-0.2, 0) is 12.8 Å². The van der Waals surface area contributed by atoms with Gasteiger partial charge in [-0.1, -0.05) is 24.3 Å². The number of thiophene rings is 1. The maximum Gasteiger partial charge on any atom is 0.260 e. The van der Waals surface area contributed by atoms with E-state index in [9.17, 15) is 20.0 Å². The lowest BCUT2D eigenvalue weighted by atomic mass is 9.97. The summed E-state index contributed by atoms with van der Waals surface area (Å²) in [4.78, 5) is 32.6. The summed E-state index contributed by atoms with van der Waals surface area (Å²) in [5.41, 5.74) is 1.78. The van der Waals surface area contributed by atoms with Gasteiger partial charge in [0.15, 0.2) is 5.82 Å². The number of carbonyl (C=O) groups excluding carboxylic acids is 1. The largest absolute Gasteiger partial charge is 0.545 e. The Morgan fingerprint density at radius 2 is 2.00 bits per heavy atom. The molecule has 0 aliphatic heterocycles. The number of nitrogens with zero attached hydrogens (tertiary/aromatic N) is 2. The topological polar surface area (TPSA) is 110 Å². The standard InChI is InChI=1S/C20H15N3O3S/c21-10-13(9-11-5-7-12(8-6-11)20(25)26)17-22-18(24)16-14-3-1-2-4-15(14)27-19(16)23-17/h5-9H,1-4H2,(H,25,26)(H,22,23,24)/p-1/b13-9+. The van der Waals surface area contributed by atoms with Crippen molar-refractivity contribution in [2.24, 2.45) is 0 Å². The van der Waals surface area contributed by atoms with Crippen LogP contribution in [0.5, 0.6) is 0 Å². The minimum absolute atomic E-state index is 0.0581. The van der Waals surface area contributed by atoms with Crippen molar-refractivity contribution in [3.63, 3.8) is 0 Å². The van der Waals surface area contributed by atoms with Gasteiger partial charge in [-0.05, 0) is 48.4 Å². The zero-order chi connectivity index (χ0) is 19.0. The number of rotatable bonds is 3. The molecule has 1 N–H and O–H groups in total. The number of fused-ring (bicyclic) bond motifs is 3. The highest BCUT2D eigenvalue weighted by Crippen LogP contribution is 2.33. The van der Waals surface area contributed by atoms with Gasteiger partial charge in [0.05, 0.1) is 16.9 Å². The summed E-state index contributed by atoms with van der Waals surface area (Å²) >= 11 is 1.53. The molecule has 2 heterocycles.